The number of nitrogens with zero attached hydrogens (tertiary/aromatic N) is 1. The van der Waals surface area contributed by atoms with Gasteiger partial charge in [-0.05, 0) is 36.4 Å². The van der Waals surface area contributed by atoms with Crippen molar-refractivity contribution < 1.29 is 0 Å². The second-order valence-electron chi connectivity index (χ2n) is 5.32. The monoisotopic (exact) mass is 240 g/mol. The maximum Gasteiger partial charge on any atom is 0.0346 e. The van der Waals surface area contributed by atoms with Gasteiger partial charge < -0.3 is 5.32 Å². The lowest BCUT2D eigenvalue weighted by molar-refractivity contribution is 0.266. The lowest BCUT2D eigenvalue weighted by Gasteiger charge is -2.30. The van der Waals surface area contributed by atoms with Gasteiger partial charge in [0.25, 0.3) is 0 Å². The summed E-state index contributed by atoms with van der Waals surface area (Å²) in [7, 11) is 2.07. The molecule has 1 N–H and O–H groups in total. The Kier molecular flexibility index (Phi) is 3.28. The van der Waals surface area contributed by atoms with Gasteiger partial charge in [-0.25, -0.2) is 0 Å². The first kappa shape index (κ1) is 11.7. The van der Waals surface area contributed by atoms with Crippen molar-refractivity contribution in [1.29, 1.82) is 0 Å². The van der Waals surface area contributed by atoms with Crippen molar-refractivity contribution in [3.8, 4) is 0 Å². The van der Waals surface area contributed by atoms with E-state index in [0.717, 1.165) is 5.92 Å². The minimum absolute atomic E-state index is 0.474. The number of rotatable bonds is 4. The van der Waals surface area contributed by atoms with Gasteiger partial charge in [0.15, 0.2) is 0 Å². The van der Waals surface area contributed by atoms with E-state index in [1.807, 2.05) is 12.4 Å². The van der Waals surface area contributed by atoms with Gasteiger partial charge in [-0.2, -0.15) is 0 Å². The molecule has 1 fully saturated rings. The SMILES string of the molecule is CNC(CC1CCC1)c1cccc2cnccc12. The third-order valence-corrected chi connectivity index (χ3v) is 4.23. The summed E-state index contributed by atoms with van der Waals surface area (Å²) in [6.45, 7) is 0. The van der Waals surface area contributed by atoms with Gasteiger partial charge in [0, 0.05) is 23.8 Å². The Hall–Kier alpha value is -1.41. The molecule has 0 aliphatic heterocycles. The van der Waals surface area contributed by atoms with Gasteiger partial charge in [-0.15, -0.1) is 0 Å². The number of fused-ring (bicyclic) bond motifs is 1. The summed E-state index contributed by atoms with van der Waals surface area (Å²) in [6, 6.07) is 9.14. The summed E-state index contributed by atoms with van der Waals surface area (Å²) in [4.78, 5) is 4.21. The van der Waals surface area contributed by atoms with Gasteiger partial charge in [0.1, 0.15) is 0 Å². The third kappa shape index (κ3) is 2.13. The van der Waals surface area contributed by atoms with Gasteiger partial charge in [0.2, 0.25) is 0 Å². The molecule has 2 nitrogen and oxygen atoms in total. The van der Waals surface area contributed by atoms with Crippen LogP contribution in [0.1, 0.15) is 37.3 Å². The molecule has 1 saturated carbocycles. The number of hydrogen-bond acceptors (Lipinski definition) is 2. The smallest absolute Gasteiger partial charge is 0.0346 e. The van der Waals surface area contributed by atoms with Crippen LogP contribution in [0.5, 0.6) is 0 Å². The molecule has 18 heavy (non-hydrogen) atoms. The lowest BCUT2D eigenvalue weighted by Crippen LogP contribution is -2.23. The number of aromatic nitrogens is 1. The predicted octanol–water partition coefficient (Wildman–Crippen LogP) is 3.69. The van der Waals surface area contributed by atoms with Crippen LogP contribution < -0.4 is 5.32 Å². The van der Waals surface area contributed by atoms with Crippen molar-refractivity contribution in [3.05, 3.63) is 42.2 Å². The van der Waals surface area contributed by atoms with Crippen LogP contribution in [-0.2, 0) is 0 Å². The van der Waals surface area contributed by atoms with Crippen LogP contribution in [0.4, 0.5) is 0 Å². The average molecular weight is 240 g/mol. The van der Waals surface area contributed by atoms with E-state index >= 15 is 0 Å². The Morgan fingerprint density at radius 3 is 2.94 bits per heavy atom. The zero-order valence-corrected chi connectivity index (χ0v) is 10.9. The highest BCUT2D eigenvalue weighted by Crippen LogP contribution is 2.36. The molecule has 0 bridgehead atoms. The highest BCUT2D eigenvalue weighted by atomic mass is 14.9. The molecule has 1 heterocycles. The average Bonchev–Trinajstić information content (AvgIpc) is 2.38. The lowest BCUT2D eigenvalue weighted by atomic mass is 9.79. The Morgan fingerprint density at radius 2 is 2.22 bits per heavy atom. The van der Waals surface area contributed by atoms with E-state index in [1.54, 1.807) is 0 Å². The largest absolute Gasteiger partial charge is 0.313 e. The van der Waals surface area contributed by atoms with Crippen molar-refractivity contribution in [3.63, 3.8) is 0 Å². The first-order valence-corrected chi connectivity index (χ1v) is 6.88. The quantitative estimate of drug-likeness (QED) is 0.881. The zero-order valence-electron chi connectivity index (χ0n) is 10.9. The van der Waals surface area contributed by atoms with Crippen LogP contribution in [0.15, 0.2) is 36.7 Å². The van der Waals surface area contributed by atoms with Crippen molar-refractivity contribution in [2.75, 3.05) is 7.05 Å². The molecule has 1 aromatic carbocycles. The minimum Gasteiger partial charge on any atom is -0.313 e. The van der Waals surface area contributed by atoms with E-state index in [0.29, 0.717) is 6.04 Å². The maximum absolute atomic E-state index is 4.21. The van der Waals surface area contributed by atoms with Crippen LogP contribution in [0.3, 0.4) is 0 Å². The van der Waals surface area contributed by atoms with E-state index in [2.05, 4.69) is 41.6 Å². The molecule has 94 valence electrons. The van der Waals surface area contributed by atoms with Crippen LogP contribution >= 0.6 is 0 Å². The molecule has 2 aromatic rings. The Labute approximate surface area is 108 Å². The second kappa shape index (κ2) is 5.07. The maximum atomic E-state index is 4.21. The van der Waals surface area contributed by atoms with Crippen LogP contribution in [0, 0.1) is 5.92 Å². The Balaban J connectivity index is 1.95. The second-order valence-corrected chi connectivity index (χ2v) is 5.32. The van der Waals surface area contributed by atoms with Crippen molar-refractivity contribution in [2.24, 2.45) is 5.92 Å². The summed E-state index contributed by atoms with van der Waals surface area (Å²) in [5, 5.41) is 6.07. The fourth-order valence-corrected chi connectivity index (χ4v) is 2.91. The molecule has 0 spiro atoms. The van der Waals surface area contributed by atoms with Gasteiger partial charge >= 0.3 is 0 Å². The van der Waals surface area contributed by atoms with Crippen molar-refractivity contribution >= 4 is 10.8 Å². The van der Waals surface area contributed by atoms with Crippen LogP contribution in [-0.4, -0.2) is 12.0 Å². The molecule has 1 aliphatic rings. The minimum atomic E-state index is 0.474. The summed E-state index contributed by atoms with van der Waals surface area (Å²) in [5.41, 5.74) is 1.42. The Bertz CT molecular complexity index is 526. The number of benzene rings is 1. The number of hydrogen-bond donors (Lipinski definition) is 1. The van der Waals surface area contributed by atoms with Crippen LogP contribution in [0.2, 0.25) is 0 Å². The van der Waals surface area contributed by atoms with Crippen molar-refractivity contribution in [2.45, 2.75) is 31.7 Å². The van der Waals surface area contributed by atoms with E-state index in [4.69, 9.17) is 0 Å². The summed E-state index contributed by atoms with van der Waals surface area (Å²) >= 11 is 0. The molecule has 0 saturated heterocycles. The molecule has 1 atom stereocenters. The summed E-state index contributed by atoms with van der Waals surface area (Å²) < 4.78 is 0. The molecule has 0 radical (unpaired) electrons. The van der Waals surface area contributed by atoms with Gasteiger partial charge in [-0.3, -0.25) is 4.98 Å². The molecule has 0 amide bonds. The molecule has 1 aliphatic carbocycles. The van der Waals surface area contributed by atoms with Gasteiger partial charge in [-0.1, -0.05) is 37.5 Å². The summed E-state index contributed by atoms with van der Waals surface area (Å²) in [5.74, 6) is 0.916. The first-order valence-electron chi connectivity index (χ1n) is 6.88. The van der Waals surface area contributed by atoms with E-state index in [1.165, 1.54) is 42.0 Å². The first-order chi connectivity index (χ1) is 8.88. The topological polar surface area (TPSA) is 24.9 Å². The molecule has 3 rings (SSSR count). The summed E-state index contributed by atoms with van der Waals surface area (Å²) in [6.07, 6.45) is 9.34. The predicted molar refractivity (Wildman–Crippen MR) is 75.5 cm³/mol. The van der Waals surface area contributed by atoms with E-state index in [9.17, 15) is 0 Å². The molecular weight excluding hydrogens is 220 g/mol. The molecule has 1 aromatic heterocycles. The normalized spacial score (nSPS) is 17.6. The number of pyridine rings is 1. The molecular formula is C16H20N2. The molecule has 2 heteroatoms. The highest BCUT2D eigenvalue weighted by Gasteiger charge is 2.23. The van der Waals surface area contributed by atoms with Gasteiger partial charge in [0.05, 0.1) is 0 Å². The highest BCUT2D eigenvalue weighted by molar-refractivity contribution is 5.85. The Morgan fingerprint density at radius 1 is 1.33 bits per heavy atom. The van der Waals surface area contributed by atoms with E-state index in [-0.39, 0.29) is 0 Å². The number of nitrogens with one attached hydrogen (secondary N) is 1. The fraction of sp³-hybridized carbons (Fsp3) is 0.438. The fourth-order valence-electron chi connectivity index (χ4n) is 2.91. The van der Waals surface area contributed by atoms with Crippen molar-refractivity contribution in [1.82, 2.24) is 10.3 Å². The third-order valence-electron chi connectivity index (χ3n) is 4.23. The van der Waals surface area contributed by atoms with E-state index < -0.39 is 0 Å². The zero-order chi connectivity index (χ0) is 12.4. The molecule has 1 unspecified atom stereocenters. The van der Waals surface area contributed by atoms with Crippen LogP contribution in [0.25, 0.3) is 10.8 Å². The standard InChI is InChI=1S/C16H20N2/c1-17-16(10-12-4-2-5-12)15-7-3-6-13-11-18-9-8-14(13)15/h3,6-9,11-12,16-17H,2,4-5,10H2,1H3.